The van der Waals surface area contributed by atoms with E-state index in [1.54, 1.807) is 32.0 Å². The molecule has 0 heterocycles. The highest BCUT2D eigenvalue weighted by Gasteiger charge is 2.16. The van der Waals surface area contributed by atoms with Crippen molar-refractivity contribution in [2.75, 3.05) is 0 Å². The van der Waals surface area contributed by atoms with Gasteiger partial charge in [-0.2, -0.15) is 0 Å². The Kier molecular flexibility index (Phi) is 4.33. The Labute approximate surface area is 104 Å². The summed E-state index contributed by atoms with van der Waals surface area (Å²) in [4.78, 5) is 10.4. The van der Waals surface area contributed by atoms with Gasteiger partial charge >= 0.3 is 0 Å². The molecule has 0 radical (unpaired) electrons. The molecule has 0 aliphatic rings. The fourth-order valence-electron chi connectivity index (χ4n) is 1.21. The van der Waals surface area contributed by atoms with Crippen molar-refractivity contribution in [3.63, 3.8) is 0 Å². The normalized spacial score (nSPS) is 11.9. The van der Waals surface area contributed by atoms with Gasteiger partial charge in [-0.25, -0.2) is 0 Å². The standard InChI is InChI=1S/C11H11Cl2NO2/c1-7(2)11(14(15)16)6-8-5-9(12)3-4-10(8)13/h3-7H,1-2H3/b11-6-. The molecule has 86 valence electrons. The van der Waals surface area contributed by atoms with Gasteiger partial charge in [0.05, 0.1) is 4.92 Å². The van der Waals surface area contributed by atoms with E-state index < -0.39 is 4.92 Å². The van der Waals surface area contributed by atoms with Gasteiger partial charge in [0, 0.05) is 27.6 Å². The molecule has 1 aromatic carbocycles. The van der Waals surface area contributed by atoms with Crippen LogP contribution >= 0.6 is 23.2 Å². The van der Waals surface area contributed by atoms with Crippen molar-refractivity contribution < 1.29 is 4.92 Å². The van der Waals surface area contributed by atoms with Crippen LogP contribution in [0.25, 0.3) is 6.08 Å². The maximum atomic E-state index is 10.8. The lowest BCUT2D eigenvalue weighted by Crippen LogP contribution is -2.05. The number of benzene rings is 1. The van der Waals surface area contributed by atoms with Crippen LogP contribution in [0.4, 0.5) is 0 Å². The van der Waals surface area contributed by atoms with Gasteiger partial charge in [0.2, 0.25) is 5.70 Å². The van der Waals surface area contributed by atoms with Gasteiger partial charge in [0.15, 0.2) is 0 Å². The minimum atomic E-state index is -0.401. The summed E-state index contributed by atoms with van der Waals surface area (Å²) in [7, 11) is 0. The minimum Gasteiger partial charge on any atom is -0.259 e. The Balaban J connectivity index is 3.22. The molecule has 1 rings (SSSR count). The Hall–Kier alpha value is -1.06. The van der Waals surface area contributed by atoms with Gasteiger partial charge in [0.1, 0.15) is 0 Å². The summed E-state index contributed by atoms with van der Waals surface area (Å²) >= 11 is 11.7. The van der Waals surface area contributed by atoms with Crippen LogP contribution in [0, 0.1) is 16.0 Å². The Morgan fingerprint density at radius 3 is 2.56 bits per heavy atom. The average molecular weight is 260 g/mol. The molecule has 0 aliphatic carbocycles. The van der Waals surface area contributed by atoms with Crippen LogP contribution in [0.15, 0.2) is 23.9 Å². The maximum absolute atomic E-state index is 10.8. The fourth-order valence-corrected chi connectivity index (χ4v) is 1.57. The molecule has 0 fully saturated rings. The lowest BCUT2D eigenvalue weighted by atomic mass is 10.1. The third kappa shape index (κ3) is 3.22. The van der Waals surface area contributed by atoms with Gasteiger partial charge in [0.25, 0.3) is 0 Å². The molecule has 0 spiro atoms. The summed E-state index contributed by atoms with van der Waals surface area (Å²) in [6.07, 6.45) is 1.46. The fraction of sp³-hybridized carbons (Fsp3) is 0.273. The van der Waals surface area contributed by atoms with E-state index >= 15 is 0 Å². The number of allylic oxidation sites excluding steroid dienone is 1. The van der Waals surface area contributed by atoms with E-state index in [9.17, 15) is 10.1 Å². The summed E-state index contributed by atoms with van der Waals surface area (Å²) in [5, 5.41) is 11.8. The summed E-state index contributed by atoms with van der Waals surface area (Å²) in [6.45, 7) is 3.51. The molecule has 1 aromatic rings. The van der Waals surface area contributed by atoms with Crippen LogP contribution in [-0.2, 0) is 0 Å². The summed E-state index contributed by atoms with van der Waals surface area (Å²) < 4.78 is 0. The van der Waals surface area contributed by atoms with Crippen molar-refractivity contribution in [3.05, 3.63) is 49.6 Å². The summed E-state index contributed by atoms with van der Waals surface area (Å²) in [6, 6.07) is 4.87. The Bertz CT molecular complexity index is 442. The van der Waals surface area contributed by atoms with Crippen molar-refractivity contribution in [3.8, 4) is 0 Å². The average Bonchev–Trinajstić information content (AvgIpc) is 2.18. The number of hydrogen-bond acceptors (Lipinski definition) is 2. The molecule has 0 saturated heterocycles. The third-order valence-electron chi connectivity index (χ3n) is 2.06. The molecular weight excluding hydrogens is 249 g/mol. The van der Waals surface area contributed by atoms with Crippen molar-refractivity contribution in [1.29, 1.82) is 0 Å². The minimum absolute atomic E-state index is 0.115. The van der Waals surface area contributed by atoms with E-state index in [1.165, 1.54) is 6.08 Å². The number of hydrogen-bond donors (Lipinski definition) is 0. The second-order valence-electron chi connectivity index (χ2n) is 3.65. The van der Waals surface area contributed by atoms with Crippen molar-refractivity contribution in [1.82, 2.24) is 0 Å². The molecule has 0 aliphatic heterocycles. The van der Waals surface area contributed by atoms with E-state index in [0.717, 1.165) is 0 Å². The third-order valence-corrected chi connectivity index (χ3v) is 2.64. The van der Waals surface area contributed by atoms with Gasteiger partial charge in [-0.15, -0.1) is 0 Å². The Morgan fingerprint density at radius 2 is 2.06 bits per heavy atom. The van der Waals surface area contributed by atoms with Crippen LogP contribution < -0.4 is 0 Å². The lowest BCUT2D eigenvalue weighted by Gasteiger charge is -2.03. The van der Waals surface area contributed by atoms with Crippen LogP contribution in [0.1, 0.15) is 19.4 Å². The highest BCUT2D eigenvalue weighted by atomic mass is 35.5. The second kappa shape index (κ2) is 5.32. The SMILES string of the molecule is CC(C)/C(=C/c1cc(Cl)ccc1Cl)[N+](=O)[O-]. The highest BCUT2D eigenvalue weighted by molar-refractivity contribution is 6.34. The molecule has 0 saturated carbocycles. The zero-order valence-electron chi connectivity index (χ0n) is 8.91. The molecule has 0 amide bonds. The quantitative estimate of drug-likeness (QED) is 0.601. The van der Waals surface area contributed by atoms with E-state index in [2.05, 4.69) is 0 Å². The van der Waals surface area contributed by atoms with E-state index in [4.69, 9.17) is 23.2 Å². The van der Waals surface area contributed by atoms with Gasteiger partial charge < -0.3 is 0 Å². The molecule has 0 atom stereocenters. The van der Waals surface area contributed by atoms with Gasteiger partial charge in [-0.3, -0.25) is 10.1 Å². The predicted octanol–water partition coefficient (Wildman–Crippen LogP) is 4.27. The lowest BCUT2D eigenvalue weighted by molar-refractivity contribution is -0.431. The highest BCUT2D eigenvalue weighted by Crippen LogP contribution is 2.24. The first kappa shape index (κ1) is 13.0. The first-order valence-corrected chi connectivity index (χ1v) is 5.48. The number of nitrogens with zero attached hydrogens (tertiary/aromatic N) is 1. The van der Waals surface area contributed by atoms with Gasteiger partial charge in [-0.05, 0) is 18.2 Å². The first-order chi connectivity index (χ1) is 7.41. The Morgan fingerprint density at radius 1 is 1.44 bits per heavy atom. The van der Waals surface area contributed by atoms with Crippen LogP contribution in [0.2, 0.25) is 10.0 Å². The molecule has 3 nitrogen and oxygen atoms in total. The maximum Gasteiger partial charge on any atom is 0.249 e. The summed E-state index contributed by atoms with van der Waals surface area (Å²) in [5.41, 5.74) is 0.679. The molecule has 0 bridgehead atoms. The van der Waals surface area contributed by atoms with Gasteiger partial charge in [-0.1, -0.05) is 37.0 Å². The molecule has 0 aromatic heterocycles. The monoisotopic (exact) mass is 259 g/mol. The molecule has 0 N–H and O–H groups in total. The zero-order valence-corrected chi connectivity index (χ0v) is 10.4. The van der Waals surface area contributed by atoms with Crippen molar-refractivity contribution >= 4 is 29.3 Å². The second-order valence-corrected chi connectivity index (χ2v) is 4.49. The largest absolute Gasteiger partial charge is 0.259 e. The van der Waals surface area contributed by atoms with Crippen LogP contribution in [0.3, 0.4) is 0 Å². The van der Waals surface area contributed by atoms with E-state index in [1.807, 2.05) is 0 Å². The summed E-state index contributed by atoms with van der Waals surface area (Å²) in [5.74, 6) is -0.176. The topological polar surface area (TPSA) is 43.1 Å². The smallest absolute Gasteiger partial charge is 0.249 e. The predicted molar refractivity (Wildman–Crippen MR) is 66.3 cm³/mol. The zero-order chi connectivity index (χ0) is 12.3. The van der Waals surface area contributed by atoms with Crippen LogP contribution in [0.5, 0.6) is 0 Å². The van der Waals surface area contributed by atoms with Crippen LogP contribution in [-0.4, -0.2) is 4.92 Å². The molecule has 5 heteroatoms. The van der Waals surface area contributed by atoms with Crippen molar-refractivity contribution in [2.45, 2.75) is 13.8 Å². The molecule has 16 heavy (non-hydrogen) atoms. The number of rotatable bonds is 3. The molecule has 0 unspecified atom stereocenters. The van der Waals surface area contributed by atoms with E-state index in [-0.39, 0.29) is 11.6 Å². The number of nitro groups is 1. The van der Waals surface area contributed by atoms with E-state index in [0.29, 0.717) is 15.6 Å². The number of halogens is 2. The first-order valence-electron chi connectivity index (χ1n) is 4.73. The van der Waals surface area contributed by atoms with Crippen molar-refractivity contribution in [2.24, 2.45) is 5.92 Å². The molecular formula is C11H11Cl2NO2.